The molecule has 0 saturated carbocycles. The Kier molecular flexibility index (Phi) is 7.55. The largest absolute Gasteiger partial charge is 0.394 e. The standard InChI is InChI=1S/C8H18BO3/c1-3-4-9-8(6-11)12-7(2)5-10/h7-8,10-11H,3-6H2,1-2H3/t7-,8-/m1/s1. The lowest BCUT2D eigenvalue weighted by molar-refractivity contribution is -0.0157. The first kappa shape index (κ1) is 11.9. The summed E-state index contributed by atoms with van der Waals surface area (Å²) in [5, 5.41) is 17.5. The van der Waals surface area contributed by atoms with E-state index in [4.69, 9.17) is 14.9 Å². The second-order valence-corrected chi connectivity index (χ2v) is 2.87. The maximum atomic E-state index is 8.86. The van der Waals surface area contributed by atoms with E-state index in [0.717, 1.165) is 12.7 Å². The highest BCUT2D eigenvalue weighted by Crippen LogP contribution is 1.99. The summed E-state index contributed by atoms with van der Waals surface area (Å²) in [5.41, 5.74) is 0. The second-order valence-electron chi connectivity index (χ2n) is 2.87. The van der Waals surface area contributed by atoms with Crippen LogP contribution in [0.2, 0.25) is 6.32 Å². The molecule has 3 nitrogen and oxygen atoms in total. The topological polar surface area (TPSA) is 49.7 Å². The van der Waals surface area contributed by atoms with Crippen LogP contribution in [0.1, 0.15) is 20.3 Å². The highest BCUT2D eigenvalue weighted by molar-refractivity contribution is 6.37. The van der Waals surface area contributed by atoms with Crippen LogP contribution in [0.5, 0.6) is 0 Å². The Morgan fingerprint density at radius 1 is 1.33 bits per heavy atom. The lowest BCUT2D eigenvalue weighted by atomic mass is 9.67. The van der Waals surface area contributed by atoms with E-state index in [-0.39, 0.29) is 25.3 Å². The van der Waals surface area contributed by atoms with Gasteiger partial charge in [-0.3, -0.25) is 0 Å². The molecule has 1 radical (unpaired) electrons. The Morgan fingerprint density at radius 2 is 2.00 bits per heavy atom. The van der Waals surface area contributed by atoms with Crippen LogP contribution in [0.4, 0.5) is 0 Å². The molecular formula is C8H18BO3. The highest BCUT2D eigenvalue weighted by Gasteiger charge is 2.11. The zero-order chi connectivity index (χ0) is 9.40. The van der Waals surface area contributed by atoms with E-state index in [1.807, 2.05) is 7.28 Å². The molecule has 0 amide bonds. The summed E-state index contributed by atoms with van der Waals surface area (Å²) in [6.07, 6.45) is 1.78. The van der Waals surface area contributed by atoms with Gasteiger partial charge in [-0.2, -0.15) is 0 Å². The first-order valence-corrected chi connectivity index (χ1v) is 4.45. The Hall–Kier alpha value is -0.0551. The van der Waals surface area contributed by atoms with Crippen molar-refractivity contribution in [3.05, 3.63) is 0 Å². The quantitative estimate of drug-likeness (QED) is 0.542. The lowest BCUT2D eigenvalue weighted by Crippen LogP contribution is -2.30. The molecule has 0 aromatic heterocycles. The second kappa shape index (κ2) is 7.59. The van der Waals surface area contributed by atoms with Crippen molar-refractivity contribution in [1.82, 2.24) is 0 Å². The average Bonchev–Trinajstić information content (AvgIpc) is 2.11. The monoisotopic (exact) mass is 173 g/mol. The minimum absolute atomic E-state index is 0.00351. The van der Waals surface area contributed by atoms with Gasteiger partial charge in [-0.05, 0) is 6.92 Å². The Bertz CT molecular complexity index is 100. The van der Waals surface area contributed by atoms with E-state index >= 15 is 0 Å². The number of aliphatic hydroxyl groups excluding tert-OH is 2. The van der Waals surface area contributed by atoms with E-state index in [9.17, 15) is 0 Å². The van der Waals surface area contributed by atoms with Crippen molar-refractivity contribution in [2.75, 3.05) is 13.2 Å². The summed E-state index contributed by atoms with van der Waals surface area (Å²) in [7, 11) is 1.94. The van der Waals surface area contributed by atoms with Crippen LogP contribution >= 0.6 is 0 Å². The summed E-state index contributed by atoms with van der Waals surface area (Å²) in [6.45, 7) is 3.84. The molecule has 0 aliphatic carbocycles. The first-order chi connectivity index (χ1) is 5.74. The summed E-state index contributed by atoms with van der Waals surface area (Å²) in [5.74, 6) is 0. The summed E-state index contributed by atoms with van der Waals surface area (Å²) >= 11 is 0. The summed E-state index contributed by atoms with van der Waals surface area (Å²) < 4.78 is 5.30. The molecule has 0 aromatic rings. The van der Waals surface area contributed by atoms with Gasteiger partial charge in [-0.1, -0.05) is 19.7 Å². The van der Waals surface area contributed by atoms with Crippen LogP contribution in [0.25, 0.3) is 0 Å². The fourth-order valence-electron chi connectivity index (χ4n) is 0.867. The zero-order valence-corrected chi connectivity index (χ0v) is 7.86. The van der Waals surface area contributed by atoms with Crippen molar-refractivity contribution in [3.63, 3.8) is 0 Å². The molecule has 71 valence electrons. The van der Waals surface area contributed by atoms with Crippen LogP contribution in [0, 0.1) is 0 Å². The van der Waals surface area contributed by atoms with Crippen LogP contribution in [-0.4, -0.2) is 42.8 Å². The molecule has 0 unspecified atom stereocenters. The van der Waals surface area contributed by atoms with Gasteiger partial charge in [0, 0.05) is 6.00 Å². The summed E-state index contributed by atoms with van der Waals surface area (Å²) in [4.78, 5) is 0. The molecule has 12 heavy (non-hydrogen) atoms. The van der Waals surface area contributed by atoms with Gasteiger partial charge in [-0.25, -0.2) is 0 Å². The number of rotatable bonds is 7. The Morgan fingerprint density at radius 3 is 2.42 bits per heavy atom. The van der Waals surface area contributed by atoms with Crippen molar-refractivity contribution < 1.29 is 14.9 Å². The van der Waals surface area contributed by atoms with Crippen LogP contribution in [0.15, 0.2) is 0 Å². The average molecular weight is 173 g/mol. The molecule has 2 N–H and O–H groups in total. The maximum Gasteiger partial charge on any atom is 0.152 e. The van der Waals surface area contributed by atoms with E-state index in [0.29, 0.717) is 0 Å². The van der Waals surface area contributed by atoms with Crippen molar-refractivity contribution in [1.29, 1.82) is 0 Å². The third-order valence-corrected chi connectivity index (χ3v) is 1.56. The SMILES string of the molecule is CCC[B][C@@H](CO)O[C@H](C)CO. The van der Waals surface area contributed by atoms with Crippen LogP contribution in [0.3, 0.4) is 0 Å². The first-order valence-electron chi connectivity index (χ1n) is 4.45. The number of aliphatic hydroxyl groups is 2. The Balaban J connectivity index is 3.51. The van der Waals surface area contributed by atoms with Crippen molar-refractivity contribution in [2.45, 2.75) is 38.7 Å². The molecule has 0 heterocycles. The smallest absolute Gasteiger partial charge is 0.152 e. The molecule has 0 aliphatic heterocycles. The van der Waals surface area contributed by atoms with Gasteiger partial charge in [-0.15, -0.1) is 0 Å². The van der Waals surface area contributed by atoms with Crippen molar-refractivity contribution in [2.24, 2.45) is 0 Å². The van der Waals surface area contributed by atoms with Gasteiger partial charge in [0.05, 0.1) is 19.3 Å². The third kappa shape index (κ3) is 5.58. The van der Waals surface area contributed by atoms with E-state index in [1.165, 1.54) is 0 Å². The fourth-order valence-corrected chi connectivity index (χ4v) is 0.867. The van der Waals surface area contributed by atoms with Gasteiger partial charge in [0.1, 0.15) is 0 Å². The predicted molar refractivity (Wildman–Crippen MR) is 49.4 cm³/mol. The minimum atomic E-state index is -0.230. The normalized spacial score (nSPS) is 15.7. The highest BCUT2D eigenvalue weighted by atomic mass is 16.5. The Labute approximate surface area is 75.0 Å². The number of ether oxygens (including phenoxy) is 1. The van der Waals surface area contributed by atoms with Crippen LogP contribution in [-0.2, 0) is 4.74 Å². The van der Waals surface area contributed by atoms with Gasteiger partial charge in [0.25, 0.3) is 0 Å². The molecule has 0 bridgehead atoms. The molecular weight excluding hydrogens is 155 g/mol. The van der Waals surface area contributed by atoms with Crippen molar-refractivity contribution in [3.8, 4) is 0 Å². The molecule has 0 saturated heterocycles. The van der Waals surface area contributed by atoms with E-state index < -0.39 is 0 Å². The molecule has 0 aliphatic rings. The molecule has 0 fully saturated rings. The number of hydrogen-bond acceptors (Lipinski definition) is 3. The van der Waals surface area contributed by atoms with Gasteiger partial charge >= 0.3 is 0 Å². The zero-order valence-electron chi connectivity index (χ0n) is 7.86. The van der Waals surface area contributed by atoms with Gasteiger partial charge in [0.2, 0.25) is 0 Å². The number of hydrogen-bond donors (Lipinski definition) is 2. The van der Waals surface area contributed by atoms with E-state index in [1.54, 1.807) is 6.92 Å². The van der Waals surface area contributed by atoms with Crippen LogP contribution < -0.4 is 0 Å². The molecule has 0 rings (SSSR count). The third-order valence-electron chi connectivity index (χ3n) is 1.56. The van der Waals surface area contributed by atoms with Gasteiger partial charge in [0.15, 0.2) is 7.28 Å². The van der Waals surface area contributed by atoms with Gasteiger partial charge < -0.3 is 14.9 Å². The minimum Gasteiger partial charge on any atom is -0.394 e. The maximum absolute atomic E-state index is 8.86. The summed E-state index contributed by atoms with van der Waals surface area (Å²) in [6, 6.07) is -0.230. The molecule has 2 atom stereocenters. The lowest BCUT2D eigenvalue weighted by Gasteiger charge is -2.18. The fraction of sp³-hybridized carbons (Fsp3) is 1.00. The predicted octanol–water partition coefficient (Wildman–Crippen LogP) is 0.235. The molecule has 4 heteroatoms. The molecule has 0 aromatic carbocycles. The molecule has 0 spiro atoms. The van der Waals surface area contributed by atoms with Crippen molar-refractivity contribution >= 4 is 7.28 Å². The van der Waals surface area contributed by atoms with E-state index in [2.05, 4.69) is 6.92 Å².